The first-order valence-electron chi connectivity index (χ1n) is 2.79. The monoisotopic (exact) mass is 280 g/mol. The summed E-state index contributed by atoms with van der Waals surface area (Å²) in [6.45, 7) is 0. The molecule has 0 fully saturated rings. The fraction of sp³-hybridized carbons (Fsp3) is 0. The van der Waals surface area contributed by atoms with E-state index >= 15 is 0 Å². The number of halogens is 1. The second-order valence-corrected chi connectivity index (χ2v) is 4.28. The summed E-state index contributed by atoms with van der Waals surface area (Å²) >= 11 is 2.96. The number of benzene rings is 1. The molecule has 0 heterocycles. The maximum atomic E-state index is 10.5. The van der Waals surface area contributed by atoms with Crippen LogP contribution >= 0.6 is 23.9 Å². The number of hydrogen-bond acceptors (Lipinski definition) is 3. The van der Waals surface area contributed by atoms with Gasteiger partial charge in [0.25, 0.3) is 0 Å². The molecule has 0 aromatic heterocycles. The first-order chi connectivity index (χ1) is 5.02. The molecule has 0 N–H and O–H groups in total. The van der Waals surface area contributed by atoms with Crippen molar-refractivity contribution in [2.24, 2.45) is 0 Å². The van der Waals surface area contributed by atoms with E-state index in [1.54, 1.807) is 6.07 Å². The Morgan fingerprint density at radius 3 is 1.77 bits per heavy atom. The molecule has 7 heteroatoms. The Hall–Kier alpha value is 2.01. The van der Waals surface area contributed by atoms with Crippen molar-refractivity contribution >= 4 is 29.2 Å². The van der Waals surface area contributed by atoms with Crippen LogP contribution in [0, 0.1) is 0 Å². The molecule has 0 atom stereocenters. The SMILES string of the molecule is [Na+].[Na+].[O-][P+]([O-])([O-])c1ccccc1Br. The molecule has 1 aromatic carbocycles. The fourth-order valence-electron chi connectivity index (χ4n) is 0.674. The predicted octanol–water partition coefficient (Wildman–Crippen LogP) is -7.07. The third-order valence-electron chi connectivity index (χ3n) is 1.15. The van der Waals surface area contributed by atoms with Gasteiger partial charge in [-0.15, -0.1) is 7.94 Å². The largest absolute Gasteiger partial charge is 1.00 e. The minimum Gasteiger partial charge on any atom is -0.683 e. The molecular formula is C6H4BrNa2O3P. The van der Waals surface area contributed by atoms with E-state index in [9.17, 15) is 14.7 Å². The topological polar surface area (TPSA) is 69.2 Å². The molecule has 0 unspecified atom stereocenters. The first kappa shape index (κ1) is 17.4. The van der Waals surface area contributed by atoms with E-state index in [4.69, 9.17) is 0 Å². The van der Waals surface area contributed by atoms with E-state index in [2.05, 4.69) is 15.9 Å². The summed E-state index contributed by atoms with van der Waals surface area (Å²) in [6, 6.07) is 5.93. The van der Waals surface area contributed by atoms with Crippen molar-refractivity contribution in [3.63, 3.8) is 0 Å². The van der Waals surface area contributed by atoms with E-state index in [0.717, 1.165) is 0 Å². The molecule has 13 heavy (non-hydrogen) atoms. The maximum absolute atomic E-state index is 10.5. The Balaban J connectivity index is 0. The van der Waals surface area contributed by atoms with Crippen LogP contribution in [0.15, 0.2) is 28.7 Å². The smallest absolute Gasteiger partial charge is 0.683 e. The van der Waals surface area contributed by atoms with Gasteiger partial charge in [0.05, 0.1) is 9.78 Å². The molecule has 0 radical (unpaired) electrons. The summed E-state index contributed by atoms with van der Waals surface area (Å²) < 4.78 is 0.313. The zero-order valence-corrected chi connectivity index (χ0v) is 13.8. The normalized spacial score (nSPS) is 9.85. The van der Waals surface area contributed by atoms with Crippen LogP contribution in [-0.4, -0.2) is 0 Å². The van der Waals surface area contributed by atoms with Crippen molar-refractivity contribution in [3.8, 4) is 0 Å². The van der Waals surface area contributed by atoms with Crippen molar-refractivity contribution in [2.75, 3.05) is 0 Å². The third kappa shape index (κ3) is 5.59. The summed E-state index contributed by atoms with van der Waals surface area (Å²) in [4.78, 5) is 31.5. The average Bonchev–Trinajstić information content (AvgIpc) is 1.86. The molecule has 0 bridgehead atoms. The second kappa shape index (κ2) is 7.31. The van der Waals surface area contributed by atoms with Crippen molar-refractivity contribution < 1.29 is 73.8 Å². The summed E-state index contributed by atoms with van der Waals surface area (Å²) in [6.07, 6.45) is 0. The van der Waals surface area contributed by atoms with Crippen molar-refractivity contribution in [2.45, 2.75) is 0 Å². The van der Waals surface area contributed by atoms with Gasteiger partial charge in [-0.3, -0.25) is 0 Å². The van der Waals surface area contributed by atoms with Gasteiger partial charge >= 0.3 is 59.1 Å². The van der Waals surface area contributed by atoms with Gasteiger partial charge in [-0.25, -0.2) is 0 Å². The van der Waals surface area contributed by atoms with E-state index in [0.29, 0.717) is 4.47 Å². The summed E-state index contributed by atoms with van der Waals surface area (Å²) in [5.74, 6) is 0. The van der Waals surface area contributed by atoms with Crippen LogP contribution < -0.4 is 79.1 Å². The van der Waals surface area contributed by atoms with Gasteiger partial charge in [0.1, 0.15) is 0 Å². The van der Waals surface area contributed by atoms with Crippen LogP contribution in [0.25, 0.3) is 0 Å². The molecule has 1 aromatic rings. The van der Waals surface area contributed by atoms with Crippen LogP contribution in [0.5, 0.6) is 0 Å². The van der Waals surface area contributed by atoms with E-state index in [-0.39, 0.29) is 64.4 Å². The van der Waals surface area contributed by atoms with Crippen LogP contribution in [-0.2, 0) is 0 Å². The molecule has 0 saturated heterocycles. The summed E-state index contributed by atoms with van der Waals surface area (Å²) in [5.41, 5.74) is 0. The van der Waals surface area contributed by atoms with Crippen LogP contribution in [0.2, 0.25) is 0 Å². The summed E-state index contributed by atoms with van der Waals surface area (Å²) in [7, 11) is -4.60. The Morgan fingerprint density at radius 2 is 1.46 bits per heavy atom. The zero-order chi connectivity index (χ0) is 8.48. The van der Waals surface area contributed by atoms with Gasteiger partial charge in [0.2, 0.25) is 0 Å². The Kier molecular flexibility index (Phi) is 9.79. The molecule has 0 spiro atoms. The number of hydrogen-bond donors (Lipinski definition) is 0. The molecule has 0 amide bonds. The Labute approximate surface area is 130 Å². The second-order valence-electron chi connectivity index (χ2n) is 1.95. The van der Waals surface area contributed by atoms with E-state index < -0.39 is 7.94 Å². The van der Waals surface area contributed by atoms with Gasteiger partial charge in [-0.2, -0.15) is 0 Å². The van der Waals surface area contributed by atoms with Gasteiger partial charge in [0.15, 0.2) is 0 Å². The molecule has 0 aliphatic rings. The van der Waals surface area contributed by atoms with Crippen LogP contribution in [0.4, 0.5) is 0 Å². The molecule has 0 aliphatic heterocycles. The first-order valence-corrected chi connectivity index (χ1v) is 5.12. The molecule has 3 nitrogen and oxygen atoms in total. The maximum Gasteiger partial charge on any atom is 1.00 e. The van der Waals surface area contributed by atoms with Crippen molar-refractivity contribution in [1.29, 1.82) is 0 Å². The molecule has 0 aliphatic carbocycles. The standard InChI is InChI=1S/C6H6BrO3P.2Na/c7-5-3-1-2-4-6(5)11(8,9)10;;/h1-4H,(H2,8,9,10);;/q;2*+1/p-2. The Bertz CT molecular complexity index is 266. The quantitative estimate of drug-likeness (QED) is 0.379. The molecule has 1 rings (SSSR count). The van der Waals surface area contributed by atoms with Crippen molar-refractivity contribution in [1.82, 2.24) is 0 Å². The van der Waals surface area contributed by atoms with E-state index in [1.807, 2.05) is 0 Å². The molecular weight excluding hydrogens is 277 g/mol. The third-order valence-corrected chi connectivity index (χ3v) is 3.13. The summed E-state index contributed by atoms with van der Waals surface area (Å²) in [5, 5.41) is -0.194. The molecule has 60 valence electrons. The van der Waals surface area contributed by atoms with Gasteiger partial charge in [0, 0.05) is 0 Å². The predicted molar refractivity (Wildman–Crippen MR) is 40.7 cm³/mol. The van der Waals surface area contributed by atoms with E-state index in [1.165, 1.54) is 18.2 Å². The average molecular weight is 281 g/mol. The fourth-order valence-corrected chi connectivity index (χ4v) is 2.21. The minimum atomic E-state index is -4.60. The van der Waals surface area contributed by atoms with Gasteiger partial charge in [-0.1, -0.05) is 12.1 Å². The minimum absolute atomic E-state index is 0. The van der Waals surface area contributed by atoms with Crippen LogP contribution in [0.1, 0.15) is 0 Å². The van der Waals surface area contributed by atoms with Gasteiger partial charge in [-0.05, 0) is 28.1 Å². The van der Waals surface area contributed by atoms with Crippen LogP contribution in [0.3, 0.4) is 0 Å². The van der Waals surface area contributed by atoms with Crippen molar-refractivity contribution in [3.05, 3.63) is 28.7 Å². The number of rotatable bonds is 1. The zero-order valence-electron chi connectivity index (χ0n) is 7.36. The van der Waals surface area contributed by atoms with Gasteiger partial charge < -0.3 is 14.7 Å². The Morgan fingerprint density at radius 1 is 1.00 bits per heavy atom. The molecule has 0 saturated carbocycles.